The van der Waals surface area contributed by atoms with Crippen LogP contribution in [0.2, 0.25) is 5.02 Å². The Morgan fingerprint density at radius 1 is 1.26 bits per heavy atom. The standard InChI is InChI=1S/C13H19ClFNO2S/c1-9(2)4-5-10(3)16-19(17,18)13-7-6-11(15)8-12(13)14/h6-10,16H,4-5H2,1-3H3/t10-/m1/s1. The number of hydrogen-bond donors (Lipinski definition) is 1. The topological polar surface area (TPSA) is 46.2 Å². The van der Waals surface area contributed by atoms with E-state index in [0.29, 0.717) is 5.92 Å². The second-order valence-corrected chi connectivity index (χ2v) is 7.16. The van der Waals surface area contributed by atoms with Crippen molar-refractivity contribution in [2.24, 2.45) is 5.92 Å². The highest BCUT2D eigenvalue weighted by Crippen LogP contribution is 2.22. The molecule has 0 aliphatic heterocycles. The van der Waals surface area contributed by atoms with Gasteiger partial charge in [0.25, 0.3) is 0 Å². The monoisotopic (exact) mass is 307 g/mol. The maximum absolute atomic E-state index is 12.9. The third kappa shape index (κ3) is 5.09. The molecule has 0 radical (unpaired) electrons. The van der Waals surface area contributed by atoms with Gasteiger partial charge >= 0.3 is 0 Å². The van der Waals surface area contributed by atoms with Crippen molar-refractivity contribution in [2.45, 2.75) is 44.6 Å². The van der Waals surface area contributed by atoms with Crippen molar-refractivity contribution in [1.82, 2.24) is 4.72 Å². The zero-order chi connectivity index (χ0) is 14.6. The predicted molar refractivity (Wildman–Crippen MR) is 75.3 cm³/mol. The summed E-state index contributed by atoms with van der Waals surface area (Å²) < 4.78 is 39.7. The highest BCUT2D eigenvalue weighted by atomic mass is 35.5. The molecule has 0 spiro atoms. The lowest BCUT2D eigenvalue weighted by molar-refractivity contribution is 0.485. The Morgan fingerprint density at radius 2 is 1.89 bits per heavy atom. The largest absolute Gasteiger partial charge is 0.242 e. The molecular formula is C13H19ClFNO2S. The fourth-order valence-corrected chi connectivity index (χ4v) is 3.47. The van der Waals surface area contributed by atoms with Crippen LogP contribution in [-0.2, 0) is 10.0 Å². The Labute approximate surface area is 119 Å². The van der Waals surface area contributed by atoms with Gasteiger partial charge in [0, 0.05) is 6.04 Å². The Bertz CT molecular complexity index is 531. The molecule has 1 atom stereocenters. The zero-order valence-electron chi connectivity index (χ0n) is 11.3. The number of hydrogen-bond acceptors (Lipinski definition) is 2. The minimum absolute atomic E-state index is 0.0908. The predicted octanol–water partition coefficient (Wildman–Crippen LogP) is 3.58. The lowest BCUT2D eigenvalue weighted by atomic mass is 10.1. The van der Waals surface area contributed by atoms with Crippen molar-refractivity contribution < 1.29 is 12.8 Å². The molecule has 0 bridgehead atoms. The number of rotatable bonds is 6. The average molecular weight is 308 g/mol. The first-order chi connectivity index (χ1) is 8.72. The molecule has 0 aliphatic rings. The van der Waals surface area contributed by atoms with Gasteiger partial charge in [0.05, 0.1) is 5.02 Å². The highest BCUT2D eigenvalue weighted by Gasteiger charge is 2.20. The molecule has 3 nitrogen and oxygen atoms in total. The van der Waals surface area contributed by atoms with Gasteiger partial charge in [-0.05, 0) is 43.9 Å². The number of nitrogens with one attached hydrogen (secondary N) is 1. The molecule has 108 valence electrons. The second kappa shape index (κ2) is 6.68. The molecule has 1 aromatic rings. The quantitative estimate of drug-likeness (QED) is 0.873. The van der Waals surface area contributed by atoms with Crippen LogP contribution in [0, 0.1) is 11.7 Å². The zero-order valence-corrected chi connectivity index (χ0v) is 12.9. The fourth-order valence-electron chi connectivity index (χ4n) is 1.66. The lowest BCUT2D eigenvalue weighted by Crippen LogP contribution is -2.33. The van der Waals surface area contributed by atoms with Gasteiger partial charge in [-0.25, -0.2) is 17.5 Å². The highest BCUT2D eigenvalue weighted by molar-refractivity contribution is 7.89. The third-order valence-electron chi connectivity index (χ3n) is 2.72. The molecule has 0 unspecified atom stereocenters. The normalized spacial score (nSPS) is 13.8. The van der Waals surface area contributed by atoms with Gasteiger partial charge in [0.1, 0.15) is 10.7 Å². The maximum Gasteiger partial charge on any atom is 0.242 e. The summed E-state index contributed by atoms with van der Waals surface area (Å²) in [6.07, 6.45) is 1.68. The van der Waals surface area contributed by atoms with Crippen LogP contribution < -0.4 is 4.72 Å². The second-order valence-electron chi connectivity index (χ2n) is 5.07. The van der Waals surface area contributed by atoms with Crippen LogP contribution in [0.4, 0.5) is 4.39 Å². The fraction of sp³-hybridized carbons (Fsp3) is 0.538. The first-order valence-electron chi connectivity index (χ1n) is 6.19. The summed E-state index contributed by atoms with van der Waals surface area (Å²) in [5.41, 5.74) is 0. The van der Waals surface area contributed by atoms with Gasteiger partial charge in [0.15, 0.2) is 0 Å². The first kappa shape index (κ1) is 16.4. The Morgan fingerprint density at radius 3 is 2.42 bits per heavy atom. The van der Waals surface area contributed by atoms with Gasteiger partial charge in [-0.3, -0.25) is 0 Å². The lowest BCUT2D eigenvalue weighted by Gasteiger charge is -2.16. The molecule has 6 heteroatoms. The van der Waals surface area contributed by atoms with Crippen LogP contribution in [0.3, 0.4) is 0 Å². The molecule has 1 aromatic carbocycles. The molecule has 1 N–H and O–H groups in total. The van der Waals surface area contributed by atoms with E-state index in [1.807, 2.05) is 0 Å². The van der Waals surface area contributed by atoms with Crippen LogP contribution in [0.25, 0.3) is 0 Å². The van der Waals surface area contributed by atoms with Crippen LogP contribution in [-0.4, -0.2) is 14.5 Å². The maximum atomic E-state index is 12.9. The molecule has 0 aromatic heterocycles. The van der Waals surface area contributed by atoms with Gasteiger partial charge < -0.3 is 0 Å². The average Bonchev–Trinajstić information content (AvgIpc) is 2.25. The van der Waals surface area contributed by atoms with Crippen LogP contribution in [0.15, 0.2) is 23.1 Å². The first-order valence-corrected chi connectivity index (χ1v) is 8.06. The number of sulfonamides is 1. The smallest absolute Gasteiger partial charge is 0.208 e. The molecule has 0 aliphatic carbocycles. The molecular weight excluding hydrogens is 289 g/mol. The van der Waals surface area contributed by atoms with Crippen molar-refractivity contribution in [3.05, 3.63) is 29.0 Å². The summed E-state index contributed by atoms with van der Waals surface area (Å²) in [4.78, 5) is -0.0908. The van der Waals surface area contributed by atoms with Gasteiger partial charge in [-0.2, -0.15) is 0 Å². The van der Waals surface area contributed by atoms with Crippen LogP contribution in [0.1, 0.15) is 33.6 Å². The number of halogens is 2. The van der Waals surface area contributed by atoms with E-state index in [1.54, 1.807) is 6.92 Å². The van der Waals surface area contributed by atoms with E-state index in [1.165, 1.54) is 6.07 Å². The summed E-state index contributed by atoms with van der Waals surface area (Å²) >= 11 is 5.77. The van der Waals surface area contributed by atoms with E-state index in [2.05, 4.69) is 18.6 Å². The molecule has 19 heavy (non-hydrogen) atoms. The Kier molecular flexibility index (Phi) is 5.77. The summed E-state index contributed by atoms with van der Waals surface area (Å²) in [5.74, 6) is -0.0434. The van der Waals surface area contributed by atoms with Crippen LogP contribution in [0.5, 0.6) is 0 Å². The third-order valence-corrected chi connectivity index (χ3v) is 4.79. The van der Waals surface area contributed by atoms with Gasteiger partial charge in [-0.15, -0.1) is 0 Å². The summed E-state index contributed by atoms with van der Waals surface area (Å²) in [7, 11) is -3.70. The van der Waals surface area contributed by atoms with Crippen molar-refractivity contribution in [3.8, 4) is 0 Å². The minimum Gasteiger partial charge on any atom is -0.208 e. The molecule has 0 fully saturated rings. The molecule has 0 saturated carbocycles. The molecule has 1 rings (SSSR count). The van der Waals surface area contributed by atoms with E-state index in [0.717, 1.165) is 25.0 Å². The van der Waals surface area contributed by atoms with Crippen LogP contribution >= 0.6 is 11.6 Å². The summed E-state index contributed by atoms with van der Waals surface area (Å²) in [6.45, 7) is 5.97. The van der Waals surface area contributed by atoms with Crippen molar-refractivity contribution in [3.63, 3.8) is 0 Å². The van der Waals surface area contributed by atoms with Crippen molar-refractivity contribution in [1.29, 1.82) is 0 Å². The van der Waals surface area contributed by atoms with E-state index in [9.17, 15) is 12.8 Å². The van der Waals surface area contributed by atoms with E-state index in [-0.39, 0.29) is 16.0 Å². The van der Waals surface area contributed by atoms with E-state index in [4.69, 9.17) is 11.6 Å². The van der Waals surface area contributed by atoms with Gasteiger partial charge in [0.2, 0.25) is 10.0 Å². The molecule has 0 amide bonds. The van der Waals surface area contributed by atoms with E-state index >= 15 is 0 Å². The van der Waals surface area contributed by atoms with Gasteiger partial charge in [-0.1, -0.05) is 25.4 Å². The Hall–Kier alpha value is -0.650. The minimum atomic E-state index is -3.70. The Balaban J connectivity index is 2.81. The summed E-state index contributed by atoms with van der Waals surface area (Å²) in [5, 5.41) is -0.108. The molecule has 0 heterocycles. The SMILES string of the molecule is CC(C)CC[C@@H](C)NS(=O)(=O)c1ccc(F)cc1Cl. The van der Waals surface area contributed by atoms with E-state index < -0.39 is 15.8 Å². The van der Waals surface area contributed by atoms with Crippen molar-refractivity contribution >= 4 is 21.6 Å². The number of benzene rings is 1. The van der Waals surface area contributed by atoms with Crippen molar-refractivity contribution in [2.75, 3.05) is 0 Å². The molecule has 0 saturated heterocycles. The summed E-state index contributed by atoms with van der Waals surface area (Å²) in [6, 6.07) is 3.07.